The molecule has 0 aliphatic heterocycles. The summed E-state index contributed by atoms with van der Waals surface area (Å²) >= 11 is 0. The van der Waals surface area contributed by atoms with E-state index in [1.165, 1.54) is 6.21 Å². The molecule has 3 aromatic carbocycles. The molecule has 0 aliphatic carbocycles. The lowest BCUT2D eigenvalue weighted by Crippen LogP contribution is -2.32. The van der Waals surface area contributed by atoms with Gasteiger partial charge in [0.1, 0.15) is 11.4 Å². The van der Waals surface area contributed by atoms with Crippen LogP contribution in [0.5, 0.6) is 5.75 Å². The second kappa shape index (κ2) is 10.8. The van der Waals surface area contributed by atoms with Crippen LogP contribution in [-0.4, -0.2) is 37.2 Å². The van der Waals surface area contributed by atoms with Crippen LogP contribution in [0.15, 0.2) is 83.6 Å². The molecule has 0 aromatic heterocycles. The highest BCUT2D eigenvalue weighted by Crippen LogP contribution is 2.16. The van der Waals surface area contributed by atoms with Crippen LogP contribution in [0.25, 0.3) is 6.08 Å². The summed E-state index contributed by atoms with van der Waals surface area (Å²) < 4.78 is 0. The average molecular weight is 443 g/mol. The fraction of sp³-hybridized carbons (Fsp3) is 0.115. The molecule has 0 atom stereocenters. The number of amides is 2. The number of carbonyl (C=O) groups excluding carboxylic acids is 2. The molecule has 0 fully saturated rings. The van der Waals surface area contributed by atoms with Gasteiger partial charge in [0.15, 0.2) is 0 Å². The first kappa shape index (κ1) is 23.3. The van der Waals surface area contributed by atoms with Crippen LogP contribution in [0.3, 0.4) is 0 Å². The Bertz CT molecular complexity index is 1180. The molecule has 0 spiro atoms. The van der Waals surface area contributed by atoms with Gasteiger partial charge in [-0.2, -0.15) is 5.10 Å². The molecular weight excluding hydrogens is 416 g/mol. The maximum Gasteiger partial charge on any atom is 0.287 e. The van der Waals surface area contributed by atoms with Gasteiger partial charge in [-0.15, -0.1) is 0 Å². The highest BCUT2D eigenvalue weighted by Gasteiger charge is 2.14. The standard InChI is InChI=1S/C26H26N4O3/c1-18-9-14-24(31)21(15-18)17-27-29-26(33)23(28-25(32)20-7-5-4-6-8-20)16-19-10-12-22(13-11-19)30(2)3/h4-17,31H,1-3H3,(H,28,32)(H,29,33)/b23-16+,27-17-. The number of aromatic hydroxyl groups is 1. The van der Waals surface area contributed by atoms with Gasteiger partial charge in [-0.25, -0.2) is 5.43 Å². The van der Waals surface area contributed by atoms with Crippen molar-refractivity contribution in [1.82, 2.24) is 10.7 Å². The third kappa shape index (κ3) is 6.54. The van der Waals surface area contributed by atoms with Gasteiger partial charge >= 0.3 is 0 Å². The monoisotopic (exact) mass is 442 g/mol. The molecule has 3 N–H and O–H groups in total. The molecule has 0 radical (unpaired) electrons. The van der Waals surface area contributed by atoms with Gasteiger partial charge in [0, 0.05) is 30.9 Å². The summed E-state index contributed by atoms with van der Waals surface area (Å²) in [7, 11) is 3.88. The number of anilines is 1. The van der Waals surface area contributed by atoms with E-state index >= 15 is 0 Å². The number of hydrogen-bond acceptors (Lipinski definition) is 5. The van der Waals surface area contributed by atoms with Crippen molar-refractivity contribution >= 4 is 29.8 Å². The van der Waals surface area contributed by atoms with Gasteiger partial charge in [0.05, 0.1) is 6.21 Å². The summed E-state index contributed by atoms with van der Waals surface area (Å²) in [6, 6.07) is 21.2. The quantitative estimate of drug-likeness (QED) is 0.296. The lowest BCUT2D eigenvalue weighted by atomic mass is 10.1. The van der Waals surface area contributed by atoms with Crippen molar-refractivity contribution in [1.29, 1.82) is 0 Å². The Morgan fingerprint density at radius 3 is 2.33 bits per heavy atom. The van der Waals surface area contributed by atoms with E-state index in [2.05, 4.69) is 15.8 Å². The first-order valence-corrected chi connectivity index (χ1v) is 10.3. The Morgan fingerprint density at radius 2 is 1.67 bits per heavy atom. The van der Waals surface area contributed by atoms with Crippen molar-refractivity contribution in [2.75, 3.05) is 19.0 Å². The van der Waals surface area contributed by atoms with Gasteiger partial charge in [0.25, 0.3) is 11.8 Å². The molecule has 0 saturated heterocycles. The number of carbonyl (C=O) groups is 2. The number of hydrogen-bond donors (Lipinski definition) is 3. The van der Waals surface area contributed by atoms with Crippen LogP contribution in [0, 0.1) is 6.92 Å². The Labute approximate surface area is 193 Å². The largest absolute Gasteiger partial charge is 0.507 e. The van der Waals surface area contributed by atoms with Crippen LogP contribution in [0.1, 0.15) is 27.0 Å². The summed E-state index contributed by atoms with van der Waals surface area (Å²) in [4.78, 5) is 27.5. The van der Waals surface area contributed by atoms with E-state index in [0.29, 0.717) is 11.1 Å². The third-order valence-corrected chi connectivity index (χ3v) is 4.80. The Balaban J connectivity index is 1.83. The number of aryl methyl sites for hydroxylation is 1. The molecule has 7 nitrogen and oxygen atoms in total. The van der Waals surface area contributed by atoms with Crippen LogP contribution < -0.4 is 15.6 Å². The minimum Gasteiger partial charge on any atom is -0.507 e. The first-order chi connectivity index (χ1) is 15.8. The smallest absolute Gasteiger partial charge is 0.287 e. The number of nitrogens with zero attached hydrogens (tertiary/aromatic N) is 2. The van der Waals surface area contributed by atoms with Crippen LogP contribution >= 0.6 is 0 Å². The topological polar surface area (TPSA) is 94.0 Å². The summed E-state index contributed by atoms with van der Waals surface area (Å²) in [6.45, 7) is 1.89. The molecule has 168 valence electrons. The predicted octanol–water partition coefficient (Wildman–Crippen LogP) is 3.69. The van der Waals surface area contributed by atoms with Gasteiger partial charge < -0.3 is 15.3 Å². The maximum absolute atomic E-state index is 12.9. The SMILES string of the molecule is Cc1ccc(O)c(/C=N\NC(=O)/C(=C\c2ccc(N(C)C)cc2)NC(=O)c2ccccc2)c1. The summed E-state index contributed by atoms with van der Waals surface area (Å²) in [5, 5.41) is 16.5. The maximum atomic E-state index is 12.9. The van der Waals surface area contributed by atoms with Crippen molar-refractivity contribution < 1.29 is 14.7 Å². The molecule has 0 heterocycles. The average Bonchev–Trinajstić information content (AvgIpc) is 2.81. The van der Waals surface area contributed by atoms with E-state index in [1.54, 1.807) is 48.5 Å². The Morgan fingerprint density at radius 1 is 0.970 bits per heavy atom. The number of rotatable bonds is 7. The zero-order chi connectivity index (χ0) is 23.8. The molecule has 0 bridgehead atoms. The molecule has 33 heavy (non-hydrogen) atoms. The van der Waals surface area contributed by atoms with Crippen molar-refractivity contribution in [3.05, 3.63) is 101 Å². The van der Waals surface area contributed by atoms with E-state index in [4.69, 9.17) is 0 Å². The molecule has 7 heteroatoms. The van der Waals surface area contributed by atoms with Crippen LogP contribution in [0.2, 0.25) is 0 Å². The first-order valence-electron chi connectivity index (χ1n) is 10.3. The van der Waals surface area contributed by atoms with E-state index in [0.717, 1.165) is 16.8 Å². The number of hydrazone groups is 1. The Kier molecular flexibility index (Phi) is 7.60. The van der Waals surface area contributed by atoms with Crippen molar-refractivity contribution in [3.8, 4) is 5.75 Å². The number of benzene rings is 3. The van der Waals surface area contributed by atoms with E-state index in [9.17, 15) is 14.7 Å². The zero-order valence-corrected chi connectivity index (χ0v) is 18.7. The lowest BCUT2D eigenvalue weighted by molar-refractivity contribution is -0.117. The normalized spacial score (nSPS) is 11.3. The van der Waals surface area contributed by atoms with Gasteiger partial charge in [-0.05, 0) is 55.0 Å². The van der Waals surface area contributed by atoms with Crippen molar-refractivity contribution in [2.24, 2.45) is 5.10 Å². The molecule has 0 saturated carbocycles. The fourth-order valence-corrected chi connectivity index (χ4v) is 2.98. The molecule has 3 aromatic rings. The second-order valence-corrected chi connectivity index (χ2v) is 7.63. The highest BCUT2D eigenvalue weighted by atomic mass is 16.3. The third-order valence-electron chi connectivity index (χ3n) is 4.80. The summed E-state index contributed by atoms with van der Waals surface area (Å²) in [5.41, 5.74) is 6.02. The second-order valence-electron chi connectivity index (χ2n) is 7.63. The van der Waals surface area contributed by atoms with E-state index in [1.807, 2.05) is 56.3 Å². The number of nitrogens with one attached hydrogen (secondary N) is 2. The van der Waals surface area contributed by atoms with E-state index < -0.39 is 11.8 Å². The molecule has 3 rings (SSSR count). The molecule has 0 aliphatic rings. The molecular formula is C26H26N4O3. The summed E-state index contributed by atoms with van der Waals surface area (Å²) in [5.74, 6) is -0.964. The van der Waals surface area contributed by atoms with Crippen LogP contribution in [-0.2, 0) is 4.79 Å². The number of phenols is 1. The molecule has 0 unspecified atom stereocenters. The fourth-order valence-electron chi connectivity index (χ4n) is 2.98. The van der Waals surface area contributed by atoms with Crippen molar-refractivity contribution in [2.45, 2.75) is 6.92 Å². The van der Waals surface area contributed by atoms with E-state index in [-0.39, 0.29) is 11.4 Å². The van der Waals surface area contributed by atoms with Gasteiger partial charge in [0.2, 0.25) is 0 Å². The van der Waals surface area contributed by atoms with Gasteiger partial charge in [-0.3, -0.25) is 9.59 Å². The highest BCUT2D eigenvalue weighted by molar-refractivity contribution is 6.05. The zero-order valence-electron chi connectivity index (χ0n) is 18.7. The number of phenolic OH excluding ortho intramolecular Hbond substituents is 1. The van der Waals surface area contributed by atoms with Crippen molar-refractivity contribution in [3.63, 3.8) is 0 Å². The van der Waals surface area contributed by atoms with Crippen LogP contribution in [0.4, 0.5) is 5.69 Å². The van der Waals surface area contributed by atoms with Gasteiger partial charge in [-0.1, -0.05) is 42.0 Å². The molecule has 2 amide bonds. The predicted molar refractivity (Wildman–Crippen MR) is 131 cm³/mol. The minimum atomic E-state index is -0.598. The Hall–Kier alpha value is -4.39. The summed E-state index contributed by atoms with van der Waals surface area (Å²) in [6.07, 6.45) is 2.93. The lowest BCUT2D eigenvalue weighted by Gasteiger charge is -2.12. The minimum absolute atomic E-state index is 0.0343.